The van der Waals surface area contributed by atoms with E-state index in [4.69, 9.17) is 0 Å². The van der Waals surface area contributed by atoms with Crippen LogP contribution in [0, 0.1) is 0 Å². The first-order valence-corrected chi connectivity index (χ1v) is 16.3. The lowest BCUT2D eigenvalue weighted by molar-refractivity contribution is 1.18. The van der Waals surface area contributed by atoms with Gasteiger partial charge in [0, 0.05) is 55.3 Å². The molecule has 3 heterocycles. The van der Waals surface area contributed by atoms with Crippen LogP contribution in [0.1, 0.15) is 0 Å². The molecule has 4 nitrogen and oxygen atoms in total. The Kier molecular flexibility index (Phi) is 5.08. The van der Waals surface area contributed by atoms with Crippen LogP contribution >= 0.6 is 0 Å². The van der Waals surface area contributed by atoms with Crippen molar-refractivity contribution >= 4 is 54.4 Å². The summed E-state index contributed by atoms with van der Waals surface area (Å²) in [7, 11) is 0. The number of hydrogen-bond acceptors (Lipinski definition) is 2. The second-order valence-electron chi connectivity index (χ2n) is 12.6. The minimum absolute atomic E-state index is 1.01. The van der Waals surface area contributed by atoms with Crippen molar-refractivity contribution in [1.82, 2.24) is 19.1 Å². The fourth-order valence-electron chi connectivity index (χ4n) is 8.17. The first-order chi connectivity index (χ1) is 23.8. The zero-order valence-corrected chi connectivity index (χ0v) is 25.8. The average Bonchev–Trinajstić information content (AvgIpc) is 3.78. The minimum atomic E-state index is 1.01. The van der Waals surface area contributed by atoms with Crippen molar-refractivity contribution in [3.8, 4) is 44.9 Å². The fraction of sp³-hybridized carbons (Fsp3) is 0. The molecule has 48 heavy (non-hydrogen) atoms. The molecule has 3 aromatic heterocycles. The Balaban J connectivity index is 1.16. The topological polar surface area (TPSA) is 35.6 Å². The Labute approximate surface area is 275 Å². The van der Waals surface area contributed by atoms with Gasteiger partial charge in [0.15, 0.2) is 0 Å². The average molecular weight is 611 g/mol. The molecule has 0 amide bonds. The Bertz CT molecular complexity index is 2920. The van der Waals surface area contributed by atoms with Crippen molar-refractivity contribution in [2.75, 3.05) is 0 Å². The van der Waals surface area contributed by atoms with E-state index in [2.05, 4.69) is 165 Å². The number of nitrogens with zero attached hydrogens (tertiary/aromatic N) is 4. The van der Waals surface area contributed by atoms with Crippen molar-refractivity contribution in [3.63, 3.8) is 0 Å². The lowest BCUT2D eigenvalue weighted by atomic mass is 10.0. The van der Waals surface area contributed by atoms with E-state index in [0.29, 0.717) is 0 Å². The van der Waals surface area contributed by atoms with E-state index in [-0.39, 0.29) is 0 Å². The van der Waals surface area contributed by atoms with Gasteiger partial charge in [-0.15, -0.1) is 0 Å². The SMILES string of the molecule is c1ccc(-n2c3ccccc3c3cc(-c4ccc5c6ccccc6n(-c6ccc7c8c(cccc68)-c6ncncc6-7)c5c4)ccc32)cc1. The smallest absolute Gasteiger partial charge is 0.116 e. The van der Waals surface area contributed by atoms with Gasteiger partial charge in [-0.3, -0.25) is 0 Å². The van der Waals surface area contributed by atoms with Crippen molar-refractivity contribution in [3.05, 3.63) is 158 Å². The Morgan fingerprint density at radius 1 is 0.417 bits per heavy atom. The van der Waals surface area contributed by atoms with Gasteiger partial charge in [0.05, 0.1) is 33.4 Å². The summed E-state index contributed by atoms with van der Waals surface area (Å²) in [6.45, 7) is 0. The third-order valence-electron chi connectivity index (χ3n) is 10.2. The molecule has 10 aromatic rings. The second-order valence-corrected chi connectivity index (χ2v) is 12.6. The van der Waals surface area contributed by atoms with Crippen molar-refractivity contribution in [2.24, 2.45) is 0 Å². The molecular formula is C44H26N4. The molecule has 222 valence electrons. The number of fused-ring (bicyclic) bond motifs is 9. The van der Waals surface area contributed by atoms with Crippen molar-refractivity contribution < 1.29 is 0 Å². The highest BCUT2D eigenvalue weighted by Crippen LogP contribution is 2.48. The predicted molar refractivity (Wildman–Crippen MR) is 198 cm³/mol. The van der Waals surface area contributed by atoms with Crippen LogP contribution in [0.4, 0.5) is 0 Å². The molecule has 0 spiro atoms. The molecule has 0 N–H and O–H groups in total. The summed E-state index contributed by atoms with van der Waals surface area (Å²) in [6, 6.07) is 53.1. The van der Waals surface area contributed by atoms with Crippen LogP contribution in [0.15, 0.2) is 158 Å². The van der Waals surface area contributed by atoms with Crippen LogP contribution in [0.2, 0.25) is 0 Å². The van der Waals surface area contributed by atoms with E-state index < -0.39 is 0 Å². The fourth-order valence-corrected chi connectivity index (χ4v) is 8.17. The molecule has 1 aliphatic rings. The number of benzene rings is 7. The maximum absolute atomic E-state index is 4.68. The van der Waals surface area contributed by atoms with Crippen LogP contribution in [0.25, 0.3) is 99.3 Å². The van der Waals surface area contributed by atoms with Crippen LogP contribution < -0.4 is 0 Å². The normalized spacial score (nSPS) is 12.2. The third kappa shape index (κ3) is 3.38. The van der Waals surface area contributed by atoms with Gasteiger partial charge >= 0.3 is 0 Å². The van der Waals surface area contributed by atoms with Gasteiger partial charge in [-0.1, -0.05) is 97.1 Å². The number of rotatable bonds is 3. The number of hydrogen-bond donors (Lipinski definition) is 0. The zero-order chi connectivity index (χ0) is 31.3. The predicted octanol–water partition coefficient (Wildman–Crippen LogP) is 11.1. The van der Waals surface area contributed by atoms with Gasteiger partial charge in [0.25, 0.3) is 0 Å². The van der Waals surface area contributed by atoms with E-state index in [0.717, 1.165) is 11.3 Å². The number of para-hydroxylation sites is 3. The number of aromatic nitrogens is 4. The maximum Gasteiger partial charge on any atom is 0.116 e. The maximum atomic E-state index is 4.68. The summed E-state index contributed by atoms with van der Waals surface area (Å²) in [5.74, 6) is 0. The summed E-state index contributed by atoms with van der Waals surface area (Å²) in [5.41, 5.74) is 14.0. The van der Waals surface area contributed by atoms with E-state index >= 15 is 0 Å². The molecule has 0 bridgehead atoms. The Morgan fingerprint density at radius 3 is 1.98 bits per heavy atom. The standard InChI is InChI=1S/C44H26N4/c1-2-9-29(10-3-1)47-38-15-6-5-12-31(38)36-23-27(18-21-41(36)47)28-17-19-32-30-11-4-7-16-39(30)48(42(32)24-28)40-22-20-33-37-25-45-26-46-44(37)35-14-8-13-34(40)43(33)35/h1-26H. The molecule has 0 fully saturated rings. The van der Waals surface area contributed by atoms with Crippen LogP contribution in [0.3, 0.4) is 0 Å². The summed E-state index contributed by atoms with van der Waals surface area (Å²) >= 11 is 0. The first-order valence-electron chi connectivity index (χ1n) is 16.3. The molecule has 0 atom stereocenters. The summed E-state index contributed by atoms with van der Waals surface area (Å²) < 4.78 is 4.82. The molecular weight excluding hydrogens is 585 g/mol. The quantitative estimate of drug-likeness (QED) is 0.199. The molecule has 0 radical (unpaired) electrons. The highest BCUT2D eigenvalue weighted by atomic mass is 15.0. The van der Waals surface area contributed by atoms with Crippen LogP contribution in [0.5, 0.6) is 0 Å². The lowest BCUT2D eigenvalue weighted by Crippen LogP contribution is -1.96. The largest absolute Gasteiger partial charge is 0.309 e. The molecule has 4 heteroatoms. The van der Waals surface area contributed by atoms with Gasteiger partial charge in [-0.2, -0.15) is 0 Å². The van der Waals surface area contributed by atoms with Gasteiger partial charge < -0.3 is 9.13 Å². The lowest BCUT2D eigenvalue weighted by Gasteiger charge is -2.14. The van der Waals surface area contributed by atoms with Crippen LogP contribution in [-0.2, 0) is 0 Å². The van der Waals surface area contributed by atoms with Crippen molar-refractivity contribution in [1.29, 1.82) is 0 Å². The summed E-state index contributed by atoms with van der Waals surface area (Å²) in [4.78, 5) is 9.03. The van der Waals surface area contributed by atoms with Crippen molar-refractivity contribution in [2.45, 2.75) is 0 Å². The molecule has 11 rings (SSSR count). The Morgan fingerprint density at radius 2 is 1.10 bits per heavy atom. The van der Waals surface area contributed by atoms with Gasteiger partial charge in [0.2, 0.25) is 0 Å². The molecule has 7 aromatic carbocycles. The molecule has 0 unspecified atom stereocenters. The van der Waals surface area contributed by atoms with Gasteiger partial charge in [-0.25, -0.2) is 9.97 Å². The highest BCUT2D eigenvalue weighted by molar-refractivity contribution is 6.18. The monoisotopic (exact) mass is 610 g/mol. The second kappa shape index (κ2) is 9.50. The zero-order valence-electron chi connectivity index (χ0n) is 25.8. The van der Waals surface area contributed by atoms with E-state index in [1.165, 1.54) is 88.0 Å². The summed E-state index contributed by atoms with van der Waals surface area (Å²) in [6.07, 6.45) is 3.59. The van der Waals surface area contributed by atoms with Gasteiger partial charge in [-0.05, 0) is 65.2 Å². The third-order valence-corrected chi connectivity index (χ3v) is 10.2. The molecule has 0 saturated carbocycles. The summed E-state index contributed by atoms with van der Waals surface area (Å²) in [5, 5.41) is 7.46. The minimum Gasteiger partial charge on any atom is -0.309 e. The van der Waals surface area contributed by atoms with Gasteiger partial charge in [0.1, 0.15) is 6.33 Å². The Hall–Kier alpha value is -6.52. The van der Waals surface area contributed by atoms with Crippen LogP contribution in [-0.4, -0.2) is 19.1 Å². The van der Waals surface area contributed by atoms with E-state index in [1.807, 2.05) is 6.20 Å². The van der Waals surface area contributed by atoms with E-state index in [9.17, 15) is 0 Å². The molecule has 0 aliphatic heterocycles. The highest BCUT2D eigenvalue weighted by Gasteiger charge is 2.25. The van der Waals surface area contributed by atoms with E-state index in [1.54, 1.807) is 6.33 Å². The molecule has 1 aliphatic carbocycles. The first kappa shape index (κ1) is 25.6. The molecule has 0 saturated heterocycles.